The lowest BCUT2D eigenvalue weighted by Gasteiger charge is -2.12. The Morgan fingerprint density at radius 1 is 1.53 bits per heavy atom. The van der Waals surface area contributed by atoms with Crippen molar-refractivity contribution in [3.8, 4) is 0 Å². The third-order valence-corrected chi connectivity index (χ3v) is 3.97. The van der Waals surface area contributed by atoms with Crippen LogP contribution >= 0.6 is 11.8 Å². The summed E-state index contributed by atoms with van der Waals surface area (Å²) in [7, 11) is 0. The molecule has 3 N–H and O–H groups in total. The number of thioether (sulfide) groups is 1. The first-order chi connectivity index (χ1) is 8.04. The van der Waals surface area contributed by atoms with E-state index in [1.54, 1.807) is 17.8 Å². The summed E-state index contributed by atoms with van der Waals surface area (Å²) in [6.45, 7) is 6.18. The molecule has 0 fully saturated rings. The Morgan fingerprint density at radius 3 is 2.82 bits per heavy atom. The molecule has 1 amide bonds. The molecule has 0 saturated carbocycles. The number of anilines is 2. The second-order valence-corrected chi connectivity index (χ2v) is 5.54. The zero-order valence-electron chi connectivity index (χ0n) is 10.6. The minimum atomic E-state index is 0.0105. The number of rotatable bonds is 5. The van der Waals surface area contributed by atoms with Crippen molar-refractivity contribution in [2.75, 3.05) is 16.8 Å². The second kappa shape index (κ2) is 6.55. The molecule has 0 aliphatic carbocycles. The van der Waals surface area contributed by atoms with Crippen molar-refractivity contribution in [2.45, 2.75) is 32.4 Å². The second-order valence-electron chi connectivity index (χ2n) is 4.12. The number of hydrogen-bond donors (Lipinski definition) is 2. The Labute approximate surface area is 107 Å². The molecular weight excluding hydrogens is 232 g/mol. The van der Waals surface area contributed by atoms with Gasteiger partial charge in [-0.15, -0.1) is 11.8 Å². The van der Waals surface area contributed by atoms with Crippen molar-refractivity contribution in [3.63, 3.8) is 0 Å². The molecule has 0 aliphatic heterocycles. The highest BCUT2D eigenvalue weighted by Crippen LogP contribution is 2.23. The van der Waals surface area contributed by atoms with Crippen molar-refractivity contribution in [2.24, 2.45) is 0 Å². The van der Waals surface area contributed by atoms with Crippen molar-refractivity contribution in [1.29, 1.82) is 0 Å². The molecule has 1 atom stereocenters. The van der Waals surface area contributed by atoms with Gasteiger partial charge in [-0.3, -0.25) is 4.79 Å². The Balaban J connectivity index is 2.56. The Morgan fingerprint density at radius 2 is 2.24 bits per heavy atom. The number of carbonyl (C=O) groups is 1. The smallest absolute Gasteiger partial charge is 0.234 e. The molecule has 0 heterocycles. The monoisotopic (exact) mass is 252 g/mol. The van der Waals surface area contributed by atoms with Crippen LogP contribution in [0.4, 0.5) is 11.4 Å². The Bertz CT molecular complexity index is 373. The topological polar surface area (TPSA) is 55.1 Å². The van der Waals surface area contributed by atoms with Gasteiger partial charge in [-0.05, 0) is 25.0 Å². The number of para-hydroxylation sites is 1. The number of nitrogens with two attached hydrogens (primary N) is 1. The molecule has 3 nitrogen and oxygen atoms in total. The molecule has 0 spiro atoms. The third-order valence-electron chi connectivity index (χ3n) is 2.64. The van der Waals surface area contributed by atoms with Crippen LogP contribution in [0.5, 0.6) is 0 Å². The first-order valence-corrected chi connectivity index (χ1v) is 6.86. The maximum atomic E-state index is 11.7. The molecule has 0 radical (unpaired) electrons. The van der Waals surface area contributed by atoms with Gasteiger partial charge in [0.15, 0.2) is 0 Å². The zero-order chi connectivity index (χ0) is 12.8. The van der Waals surface area contributed by atoms with E-state index in [4.69, 9.17) is 5.73 Å². The lowest BCUT2D eigenvalue weighted by Crippen LogP contribution is -2.17. The van der Waals surface area contributed by atoms with Crippen molar-refractivity contribution >= 4 is 29.0 Å². The minimum absolute atomic E-state index is 0.0105. The number of hydrogen-bond acceptors (Lipinski definition) is 3. The van der Waals surface area contributed by atoms with Gasteiger partial charge in [-0.25, -0.2) is 0 Å². The van der Waals surface area contributed by atoms with Crippen LogP contribution in [0.25, 0.3) is 0 Å². The van der Waals surface area contributed by atoms with Crippen LogP contribution in [0.1, 0.15) is 25.8 Å². The lowest BCUT2D eigenvalue weighted by atomic mass is 10.1. The predicted octanol–water partition coefficient (Wildman–Crippen LogP) is 3.05. The summed E-state index contributed by atoms with van der Waals surface area (Å²) in [5.41, 5.74) is 8.18. The van der Waals surface area contributed by atoms with Crippen LogP contribution < -0.4 is 11.1 Å². The predicted molar refractivity (Wildman–Crippen MR) is 76.4 cm³/mol. The molecule has 1 rings (SSSR count). The summed E-state index contributed by atoms with van der Waals surface area (Å²) in [6.07, 6.45) is 1.07. The number of nitrogen functional groups attached to an aromatic ring is 1. The molecule has 1 unspecified atom stereocenters. The average molecular weight is 252 g/mol. The van der Waals surface area contributed by atoms with Crippen LogP contribution in [-0.4, -0.2) is 16.9 Å². The molecule has 0 bridgehead atoms. The number of benzene rings is 1. The van der Waals surface area contributed by atoms with Gasteiger partial charge in [0, 0.05) is 5.25 Å². The normalized spacial score (nSPS) is 12.2. The highest BCUT2D eigenvalue weighted by Gasteiger charge is 2.09. The first kappa shape index (κ1) is 13.9. The SMILES string of the molecule is CCC(C)SCC(=O)Nc1c(C)cccc1N. The highest BCUT2D eigenvalue weighted by atomic mass is 32.2. The fraction of sp³-hybridized carbons (Fsp3) is 0.462. The van der Waals surface area contributed by atoms with E-state index < -0.39 is 0 Å². The molecule has 0 aromatic heterocycles. The van der Waals surface area contributed by atoms with E-state index in [1.807, 2.05) is 19.1 Å². The summed E-state index contributed by atoms with van der Waals surface area (Å²) >= 11 is 1.66. The summed E-state index contributed by atoms with van der Waals surface area (Å²) in [4.78, 5) is 11.7. The standard InChI is InChI=1S/C13H20N2OS/c1-4-10(3)17-8-12(16)15-13-9(2)6-5-7-11(13)14/h5-7,10H,4,8,14H2,1-3H3,(H,15,16). The van der Waals surface area contributed by atoms with Gasteiger partial charge in [0.2, 0.25) is 5.91 Å². The highest BCUT2D eigenvalue weighted by molar-refractivity contribution is 8.00. The summed E-state index contributed by atoms with van der Waals surface area (Å²) in [5, 5.41) is 3.38. The van der Waals surface area contributed by atoms with Crippen LogP contribution in [0.2, 0.25) is 0 Å². The molecule has 17 heavy (non-hydrogen) atoms. The van der Waals surface area contributed by atoms with Gasteiger partial charge in [0.25, 0.3) is 0 Å². The van der Waals surface area contributed by atoms with Gasteiger partial charge < -0.3 is 11.1 Å². The first-order valence-electron chi connectivity index (χ1n) is 5.81. The van der Waals surface area contributed by atoms with E-state index in [0.717, 1.165) is 17.7 Å². The molecule has 1 aromatic carbocycles. The van der Waals surface area contributed by atoms with Crippen LogP contribution in [-0.2, 0) is 4.79 Å². The van der Waals surface area contributed by atoms with E-state index in [1.165, 1.54) is 0 Å². The Hall–Kier alpha value is -1.16. The molecule has 94 valence electrons. The summed E-state index contributed by atoms with van der Waals surface area (Å²) in [6, 6.07) is 5.62. The summed E-state index contributed by atoms with van der Waals surface area (Å²) < 4.78 is 0. The third kappa shape index (κ3) is 4.30. The van der Waals surface area contributed by atoms with Gasteiger partial charge in [-0.1, -0.05) is 26.0 Å². The van der Waals surface area contributed by atoms with E-state index in [-0.39, 0.29) is 5.91 Å². The number of aryl methyl sites for hydroxylation is 1. The number of amides is 1. The maximum Gasteiger partial charge on any atom is 0.234 e. The van der Waals surface area contributed by atoms with E-state index in [2.05, 4.69) is 19.2 Å². The fourth-order valence-electron chi connectivity index (χ4n) is 1.37. The van der Waals surface area contributed by atoms with Crippen molar-refractivity contribution in [1.82, 2.24) is 0 Å². The van der Waals surface area contributed by atoms with Crippen molar-refractivity contribution in [3.05, 3.63) is 23.8 Å². The molecule has 1 aromatic rings. The van der Waals surface area contributed by atoms with E-state index in [0.29, 0.717) is 16.7 Å². The number of carbonyl (C=O) groups excluding carboxylic acids is 1. The number of nitrogens with one attached hydrogen (secondary N) is 1. The van der Waals surface area contributed by atoms with Gasteiger partial charge in [0.1, 0.15) is 0 Å². The molecule has 0 saturated heterocycles. The van der Waals surface area contributed by atoms with Gasteiger partial charge >= 0.3 is 0 Å². The molecule has 4 heteroatoms. The van der Waals surface area contributed by atoms with Crippen LogP contribution in [0, 0.1) is 6.92 Å². The van der Waals surface area contributed by atoms with E-state index in [9.17, 15) is 4.79 Å². The van der Waals surface area contributed by atoms with Gasteiger partial charge in [-0.2, -0.15) is 0 Å². The molecular formula is C13H20N2OS. The van der Waals surface area contributed by atoms with Gasteiger partial charge in [0.05, 0.1) is 17.1 Å². The lowest BCUT2D eigenvalue weighted by molar-refractivity contribution is -0.113. The largest absolute Gasteiger partial charge is 0.397 e. The minimum Gasteiger partial charge on any atom is -0.397 e. The fourth-order valence-corrected chi connectivity index (χ4v) is 2.12. The average Bonchev–Trinajstić information content (AvgIpc) is 2.31. The van der Waals surface area contributed by atoms with Crippen molar-refractivity contribution < 1.29 is 4.79 Å². The van der Waals surface area contributed by atoms with E-state index >= 15 is 0 Å². The van der Waals surface area contributed by atoms with Crippen LogP contribution in [0.3, 0.4) is 0 Å². The summed E-state index contributed by atoms with van der Waals surface area (Å²) in [5.74, 6) is 0.485. The Kier molecular flexibility index (Phi) is 5.35. The zero-order valence-corrected chi connectivity index (χ0v) is 11.4. The maximum absolute atomic E-state index is 11.7. The van der Waals surface area contributed by atoms with Crippen LogP contribution in [0.15, 0.2) is 18.2 Å². The molecule has 0 aliphatic rings. The quantitative estimate of drug-likeness (QED) is 0.792.